The van der Waals surface area contributed by atoms with Crippen LogP contribution in [0.2, 0.25) is 0 Å². The van der Waals surface area contributed by atoms with E-state index in [0.29, 0.717) is 19.8 Å². The average Bonchev–Trinajstić information content (AvgIpc) is 2.42. The molecule has 0 heterocycles. The molecule has 6 heteroatoms. The maximum absolute atomic E-state index is 13.7. The van der Waals surface area contributed by atoms with Crippen molar-refractivity contribution in [1.29, 1.82) is 5.26 Å². The van der Waals surface area contributed by atoms with Crippen LogP contribution < -0.4 is 4.74 Å². The number of methoxy groups -OCH3 is 1. The molecule has 0 N–H and O–H groups in total. The molecule has 0 radical (unpaired) electrons. The molecule has 0 saturated heterocycles. The molecule has 0 aromatic heterocycles. The number of halogens is 2. The summed E-state index contributed by atoms with van der Waals surface area (Å²) in [7, 11) is 1.63. The summed E-state index contributed by atoms with van der Waals surface area (Å²) < 4.78 is 29.3. The molecule has 0 aliphatic heterocycles. The zero-order chi connectivity index (χ0) is 14.1. The van der Waals surface area contributed by atoms with Crippen LogP contribution in [0.4, 0.5) is 4.39 Å². The van der Waals surface area contributed by atoms with Gasteiger partial charge in [0.1, 0.15) is 12.7 Å². The molecular formula is C13H15BrFNO3. The molecular weight excluding hydrogens is 317 g/mol. The molecule has 19 heavy (non-hydrogen) atoms. The van der Waals surface area contributed by atoms with E-state index in [1.807, 2.05) is 6.07 Å². The second-order valence-corrected chi connectivity index (χ2v) is 4.45. The van der Waals surface area contributed by atoms with Crippen molar-refractivity contribution in [2.45, 2.75) is 6.42 Å². The first-order valence-electron chi connectivity index (χ1n) is 5.78. The number of rotatable bonds is 8. The van der Waals surface area contributed by atoms with E-state index in [4.69, 9.17) is 19.5 Å². The van der Waals surface area contributed by atoms with Crippen molar-refractivity contribution < 1.29 is 18.6 Å². The molecule has 0 saturated carbocycles. The van der Waals surface area contributed by atoms with Gasteiger partial charge in [0.2, 0.25) is 0 Å². The molecule has 4 nitrogen and oxygen atoms in total. The van der Waals surface area contributed by atoms with Crippen LogP contribution in [0.25, 0.3) is 0 Å². The van der Waals surface area contributed by atoms with E-state index in [1.54, 1.807) is 7.11 Å². The molecule has 1 aromatic carbocycles. The molecule has 0 aliphatic carbocycles. The Morgan fingerprint density at radius 3 is 2.74 bits per heavy atom. The standard InChI is InChI=1S/C13H15BrFNO3/c1-17-5-2-6-18-7-8-19-11-4-3-10(9-16)12(14)13(11)15/h3-4H,2,5-8H2,1H3. The maximum Gasteiger partial charge on any atom is 0.180 e. The molecule has 0 unspecified atom stereocenters. The molecule has 1 aromatic rings. The summed E-state index contributed by atoms with van der Waals surface area (Å²) in [4.78, 5) is 0. The third-order valence-electron chi connectivity index (χ3n) is 2.29. The molecule has 0 bridgehead atoms. The highest BCUT2D eigenvalue weighted by Gasteiger charge is 2.11. The predicted molar refractivity (Wildman–Crippen MR) is 71.6 cm³/mol. The number of hydrogen-bond donors (Lipinski definition) is 0. The fourth-order valence-electron chi connectivity index (χ4n) is 1.35. The third-order valence-corrected chi connectivity index (χ3v) is 3.06. The highest BCUT2D eigenvalue weighted by atomic mass is 79.9. The van der Waals surface area contributed by atoms with Gasteiger partial charge < -0.3 is 14.2 Å². The zero-order valence-corrected chi connectivity index (χ0v) is 12.2. The number of nitriles is 1. The summed E-state index contributed by atoms with van der Waals surface area (Å²) in [5.74, 6) is -0.468. The van der Waals surface area contributed by atoms with Crippen LogP contribution in [-0.4, -0.2) is 33.5 Å². The largest absolute Gasteiger partial charge is 0.488 e. The minimum atomic E-state index is -0.571. The van der Waals surface area contributed by atoms with Crippen LogP contribution in [0.5, 0.6) is 5.75 Å². The second kappa shape index (κ2) is 8.86. The molecule has 0 fully saturated rings. The smallest absolute Gasteiger partial charge is 0.180 e. The molecule has 0 spiro atoms. The van der Waals surface area contributed by atoms with Gasteiger partial charge in [0.05, 0.1) is 16.6 Å². The first-order valence-corrected chi connectivity index (χ1v) is 6.57. The van der Waals surface area contributed by atoms with E-state index in [2.05, 4.69) is 15.9 Å². The summed E-state index contributed by atoms with van der Waals surface area (Å²) in [5.41, 5.74) is 0.237. The minimum absolute atomic E-state index is 0.103. The fraction of sp³-hybridized carbons (Fsp3) is 0.462. The highest BCUT2D eigenvalue weighted by Crippen LogP contribution is 2.28. The number of benzene rings is 1. The van der Waals surface area contributed by atoms with Crippen molar-refractivity contribution in [3.8, 4) is 11.8 Å². The van der Waals surface area contributed by atoms with Gasteiger partial charge in [-0.25, -0.2) is 4.39 Å². The highest BCUT2D eigenvalue weighted by molar-refractivity contribution is 9.10. The van der Waals surface area contributed by atoms with Crippen LogP contribution in [-0.2, 0) is 9.47 Å². The monoisotopic (exact) mass is 331 g/mol. The zero-order valence-electron chi connectivity index (χ0n) is 10.6. The van der Waals surface area contributed by atoms with Crippen molar-refractivity contribution in [2.24, 2.45) is 0 Å². The lowest BCUT2D eigenvalue weighted by atomic mass is 10.2. The molecule has 0 atom stereocenters. The Morgan fingerprint density at radius 1 is 1.26 bits per heavy atom. The minimum Gasteiger partial charge on any atom is -0.488 e. The van der Waals surface area contributed by atoms with Crippen LogP contribution in [0.3, 0.4) is 0 Å². The summed E-state index contributed by atoms with van der Waals surface area (Å²) in [6.45, 7) is 1.86. The number of nitrogens with zero attached hydrogens (tertiary/aromatic N) is 1. The summed E-state index contributed by atoms with van der Waals surface area (Å²) in [5, 5.41) is 8.73. The lowest BCUT2D eigenvalue weighted by molar-refractivity contribution is 0.0797. The van der Waals surface area contributed by atoms with Gasteiger partial charge >= 0.3 is 0 Å². The summed E-state index contributed by atoms with van der Waals surface area (Å²) in [6, 6.07) is 4.82. The average molecular weight is 332 g/mol. The molecule has 0 amide bonds. The van der Waals surface area contributed by atoms with E-state index < -0.39 is 5.82 Å². The first-order chi connectivity index (χ1) is 9.20. The van der Waals surface area contributed by atoms with Gasteiger partial charge in [-0.15, -0.1) is 0 Å². The summed E-state index contributed by atoms with van der Waals surface area (Å²) >= 11 is 3.02. The molecule has 0 aliphatic rings. The molecule has 1 rings (SSSR count). The number of ether oxygens (including phenoxy) is 3. The van der Waals surface area contributed by atoms with Gasteiger partial charge in [0.15, 0.2) is 11.6 Å². The SMILES string of the molecule is COCCCOCCOc1ccc(C#N)c(Br)c1F. The Labute approximate surface area is 120 Å². The lowest BCUT2D eigenvalue weighted by Gasteiger charge is -2.09. The first kappa shape index (κ1) is 15.9. The van der Waals surface area contributed by atoms with Gasteiger partial charge in [-0.05, 0) is 34.5 Å². The molecule has 104 valence electrons. The van der Waals surface area contributed by atoms with E-state index in [9.17, 15) is 4.39 Å². The lowest BCUT2D eigenvalue weighted by Crippen LogP contribution is -2.09. The van der Waals surface area contributed by atoms with Crippen molar-refractivity contribution in [2.75, 3.05) is 33.5 Å². The van der Waals surface area contributed by atoms with Crippen molar-refractivity contribution in [1.82, 2.24) is 0 Å². The Balaban J connectivity index is 2.34. The normalized spacial score (nSPS) is 10.2. The van der Waals surface area contributed by atoms with Crippen molar-refractivity contribution >= 4 is 15.9 Å². The van der Waals surface area contributed by atoms with Crippen LogP contribution in [0.1, 0.15) is 12.0 Å². The van der Waals surface area contributed by atoms with Crippen molar-refractivity contribution in [3.05, 3.63) is 28.0 Å². The van der Waals surface area contributed by atoms with Gasteiger partial charge in [-0.3, -0.25) is 0 Å². The topological polar surface area (TPSA) is 51.5 Å². The Morgan fingerprint density at radius 2 is 2.05 bits per heavy atom. The van der Waals surface area contributed by atoms with Crippen LogP contribution >= 0.6 is 15.9 Å². The van der Waals surface area contributed by atoms with E-state index in [0.717, 1.165) is 6.42 Å². The predicted octanol–water partition coefficient (Wildman–Crippen LogP) is 2.89. The van der Waals surface area contributed by atoms with E-state index in [-0.39, 0.29) is 22.4 Å². The van der Waals surface area contributed by atoms with Crippen LogP contribution in [0, 0.1) is 17.1 Å². The van der Waals surface area contributed by atoms with E-state index >= 15 is 0 Å². The van der Waals surface area contributed by atoms with Gasteiger partial charge in [0, 0.05) is 20.3 Å². The summed E-state index contributed by atoms with van der Waals surface area (Å²) in [6.07, 6.45) is 0.813. The number of hydrogen-bond acceptors (Lipinski definition) is 4. The van der Waals surface area contributed by atoms with Crippen molar-refractivity contribution in [3.63, 3.8) is 0 Å². The van der Waals surface area contributed by atoms with Gasteiger partial charge in [-0.1, -0.05) is 0 Å². The Kier molecular flexibility index (Phi) is 7.41. The van der Waals surface area contributed by atoms with E-state index in [1.165, 1.54) is 12.1 Å². The fourth-order valence-corrected chi connectivity index (χ4v) is 1.76. The van der Waals surface area contributed by atoms with Gasteiger partial charge in [-0.2, -0.15) is 5.26 Å². The Bertz CT molecular complexity index is 448. The second-order valence-electron chi connectivity index (χ2n) is 3.66. The Hall–Kier alpha value is -1.16. The third kappa shape index (κ3) is 5.15. The maximum atomic E-state index is 13.7. The van der Waals surface area contributed by atoms with Crippen LogP contribution in [0.15, 0.2) is 16.6 Å². The van der Waals surface area contributed by atoms with Gasteiger partial charge in [0.25, 0.3) is 0 Å². The quantitative estimate of drug-likeness (QED) is 0.687.